The molecule has 0 unspecified atom stereocenters. The molecule has 0 radical (unpaired) electrons. The number of anilines is 2. The Balaban J connectivity index is 1.25. The van der Waals surface area contributed by atoms with E-state index in [9.17, 15) is 38.4 Å². The molecule has 55 heavy (non-hydrogen) atoms. The Morgan fingerprint density at radius 3 is 2.35 bits per heavy atom. The number of terminal acetylenes is 2. The first-order valence-corrected chi connectivity index (χ1v) is 17.6. The second-order valence-electron chi connectivity index (χ2n) is 11.2. The zero-order valence-corrected chi connectivity index (χ0v) is 29.6. The lowest BCUT2D eigenvalue weighted by Gasteiger charge is -2.15. The number of H-pyrrole nitrogens is 1. The number of ketones is 1. The predicted octanol–water partition coefficient (Wildman–Crippen LogP) is 2.60. The molecule has 2 heterocycles. The molecule has 2 amide bonds. The number of aromatic amines is 1. The van der Waals surface area contributed by atoms with Crippen molar-refractivity contribution in [3.63, 3.8) is 0 Å². The molecule has 2 aromatic carbocycles. The van der Waals surface area contributed by atoms with E-state index >= 15 is 0 Å². The van der Waals surface area contributed by atoms with Crippen molar-refractivity contribution in [1.82, 2.24) is 25.3 Å². The summed E-state index contributed by atoms with van der Waals surface area (Å²) in [6.45, 7) is -0.172. The molecule has 0 aliphatic carbocycles. The van der Waals surface area contributed by atoms with Crippen LogP contribution in [0.5, 0.6) is 0 Å². The molecule has 0 bridgehead atoms. The van der Waals surface area contributed by atoms with Gasteiger partial charge < -0.3 is 35.3 Å². The number of benzene rings is 2. The summed E-state index contributed by atoms with van der Waals surface area (Å²) in [7, 11) is -4.11. The van der Waals surface area contributed by atoms with Crippen LogP contribution in [-0.4, -0.2) is 73.8 Å². The van der Waals surface area contributed by atoms with Crippen molar-refractivity contribution < 1.29 is 52.0 Å². The fourth-order valence-electron chi connectivity index (χ4n) is 4.75. The van der Waals surface area contributed by atoms with Crippen LogP contribution in [0.2, 0.25) is 0 Å². The number of esters is 1. The van der Waals surface area contributed by atoms with E-state index in [2.05, 4.69) is 39.6 Å². The van der Waals surface area contributed by atoms with E-state index in [4.69, 9.17) is 27.8 Å². The molecule has 19 nitrogen and oxygen atoms in total. The molecule has 0 spiro atoms. The number of aromatic nitrogens is 4. The summed E-state index contributed by atoms with van der Waals surface area (Å²) >= 11 is 0. The number of phosphoric acid groups is 1. The van der Waals surface area contributed by atoms with E-state index < -0.39 is 49.0 Å². The highest BCUT2D eigenvalue weighted by Gasteiger charge is 2.28. The third-order valence-electron chi connectivity index (χ3n) is 7.36. The van der Waals surface area contributed by atoms with Gasteiger partial charge in [0, 0.05) is 24.1 Å². The molecule has 2 aromatic heterocycles. The van der Waals surface area contributed by atoms with E-state index in [0.29, 0.717) is 12.0 Å². The molecule has 1 atom stereocenters. The number of carbonyl (C=O) groups is 5. The molecule has 0 saturated heterocycles. The maximum Gasteiger partial charge on any atom is 0.604 e. The predicted molar refractivity (Wildman–Crippen MR) is 193 cm³/mol. The number of phosphoric ester groups is 1. The summed E-state index contributed by atoms with van der Waals surface area (Å²) in [5.74, 6) is -4.09. The monoisotopic (exact) mass is 773 g/mol. The number of rotatable bonds is 19. The molecular weight excluding hydrogens is 741 g/mol. The summed E-state index contributed by atoms with van der Waals surface area (Å²) in [6, 6.07) is 10.3. The Morgan fingerprint density at radius 2 is 1.65 bits per heavy atom. The normalized spacial score (nSPS) is 11.3. The van der Waals surface area contributed by atoms with E-state index in [1.165, 1.54) is 30.3 Å². The number of fused-ring (bicyclic) bond motifs is 1. The highest BCUT2D eigenvalue weighted by molar-refractivity contribution is 7.48. The molecule has 4 aromatic rings. The first-order chi connectivity index (χ1) is 26.3. The number of Topliss-reactive ketones (excluding diaryl/α,β-unsaturated/α-hetero) is 1. The highest BCUT2D eigenvalue weighted by atomic mass is 31.2. The van der Waals surface area contributed by atoms with Crippen LogP contribution in [0.25, 0.3) is 11.2 Å². The minimum absolute atomic E-state index is 0.0450. The molecule has 20 heteroatoms. The van der Waals surface area contributed by atoms with Crippen LogP contribution >= 0.6 is 7.82 Å². The van der Waals surface area contributed by atoms with Crippen molar-refractivity contribution in [1.29, 1.82) is 0 Å². The third kappa shape index (κ3) is 11.7. The summed E-state index contributed by atoms with van der Waals surface area (Å²) in [5, 5.41) is 14.7. The average Bonchev–Trinajstić information content (AvgIpc) is 3.15. The standard InChI is InChI=1S/C35H32N7O12P/c1-3-52-55(50,53-4-2)54-18-8-7-17-51-34(49)25-10-6-5-9-22(25)19-24(43)15-16-26(33(47)48)40-30(44)21-11-13-23(14-12-21)38-31(45)27-20-37-29-28(39-27)32(46)42-35(36)41-29/h1-2,5-6,9-14,20,26H,7-8,15-19H2,(H,38,45)(H,40,44)(H,47,48)(H3,36,37,41,42,46)/t26-/m0/s1. The number of hydrogen-bond acceptors (Lipinski definition) is 15. The first kappa shape index (κ1) is 40.7. The molecule has 0 fully saturated rings. The molecule has 4 rings (SSSR count). The number of ether oxygens (including phenoxy) is 1. The summed E-state index contributed by atoms with van der Waals surface area (Å²) in [6.07, 6.45) is 14.2. The molecule has 0 aliphatic rings. The Hall–Kier alpha value is -7.08. The highest BCUT2D eigenvalue weighted by Crippen LogP contribution is 2.48. The SMILES string of the molecule is C#COP(=O)(OC#C)OCCCCOC(=O)c1ccccc1CC(=O)CC[C@H](NC(=O)c1ccc(NC(=O)c2cnc3nc(N)[nH]c(=O)c3n2)cc1)C(=O)O. The molecule has 284 valence electrons. The van der Waals surface area contributed by atoms with Gasteiger partial charge in [0.05, 0.1) is 25.0 Å². The van der Waals surface area contributed by atoms with Gasteiger partial charge in [0.2, 0.25) is 5.95 Å². The van der Waals surface area contributed by atoms with Gasteiger partial charge in [-0.3, -0.25) is 28.7 Å². The fraction of sp³-hybridized carbons (Fsp3) is 0.229. The Bertz CT molecular complexity index is 2260. The number of carboxylic acid groups (broad SMARTS) is 1. The zero-order chi connectivity index (χ0) is 40.0. The van der Waals surface area contributed by atoms with Gasteiger partial charge >= 0.3 is 19.8 Å². The van der Waals surface area contributed by atoms with E-state index in [-0.39, 0.29) is 78.5 Å². The van der Waals surface area contributed by atoms with Crippen LogP contribution in [0.3, 0.4) is 0 Å². The van der Waals surface area contributed by atoms with E-state index in [1.54, 1.807) is 30.4 Å². The summed E-state index contributed by atoms with van der Waals surface area (Å²) < 4.78 is 31.2. The summed E-state index contributed by atoms with van der Waals surface area (Å²) in [5.41, 5.74) is 5.18. The van der Waals surface area contributed by atoms with Gasteiger partial charge in [-0.1, -0.05) is 31.0 Å². The van der Waals surface area contributed by atoms with Crippen molar-refractivity contribution in [2.45, 2.75) is 38.1 Å². The minimum Gasteiger partial charge on any atom is -0.480 e. The van der Waals surface area contributed by atoms with Crippen molar-refractivity contribution in [2.75, 3.05) is 24.3 Å². The zero-order valence-electron chi connectivity index (χ0n) is 28.7. The van der Waals surface area contributed by atoms with Gasteiger partial charge in [-0.15, -0.1) is 0 Å². The van der Waals surface area contributed by atoms with Crippen LogP contribution in [0.1, 0.15) is 62.5 Å². The Kier molecular flexibility index (Phi) is 14.1. The topological polar surface area (TPSA) is 281 Å². The van der Waals surface area contributed by atoms with Crippen LogP contribution in [0.4, 0.5) is 11.6 Å². The maximum atomic E-state index is 12.9. The van der Waals surface area contributed by atoms with Crippen LogP contribution in [0, 0.1) is 25.1 Å². The van der Waals surface area contributed by atoms with Gasteiger partial charge in [-0.2, -0.15) is 4.98 Å². The molecule has 0 aliphatic heterocycles. The number of carboxylic acids is 1. The number of nitrogen functional groups attached to an aromatic ring is 1. The lowest BCUT2D eigenvalue weighted by Crippen LogP contribution is -2.41. The lowest BCUT2D eigenvalue weighted by molar-refractivity contribution is -0.139. The maximum absolute atomic E-state index is 12.9. The van der Waals surface area contributed by atoms with Gasteiger partial charge in [-0.05, 0) is 55.2 Å². The Morgan fingerprint density at radius 1 is 0.964 bits per heavy atom. The van der Waals surface area contributed by atoms with Crippen molar-refractivity contribution in [2.24, 2.45) is 0 Å². The lowest BCUT2D eigenvalue weighted by atomic mass is 9.99. The minimum atomic E-state index is -4.11. The Labute approximate surface area is 312 Å². The van der Waals surface area contributed by atoms with Gasteiger partial charge in [0.1, 0.15) is 29.7 Å². The van der Waals surface area contributed by atoms with Gasteiger partial charge in [0.15, 0.2) is 11.2 Å². The number of nitrogens with zero attached hydrogens (tertiary/aromatic N) is 3. The largest absolute Gasteiger partial charge is 0.604 e. The van der Waals surface area contributed by atoms with Crippen LogP contribution in [-0.2, 0) is 38.9 Å². The number of amides is 2. The van der Waals surface area contributed by atoms with Crippen molar-refractivity contribution in [3.8, 4) is 25.1 Å². The van der Waals surface area contributed by atoms with Crippen LogP contribution < -0.4 is 21.9 Å². The quantitative estimate of drug-likeness (QED) is 0.0396. The van der Waals surface area contributed by atoms with Crippen molar-refractivity contribution >= 4 is 60.2 Å². The number of unbranched alkanes of at least 4 members (excludes halogenated alkanes) is 1. The molecule has 6 N–H and O–H groups in total. The van der Waals surface area contributed by atoms with E-state index in [0.717, 1.165) is 6.20 Å². The first-order valence-electron chi connectivity index (χ1n) is 16.1. The second-order valence-corrected chi connectivity index (χ2v) is 12.7. The van der Waals surface area contributed by atoms with Gasteiger partial charge in [0.25, 0.3) is 17.4 Å². The third-order valence-corrected chi connectivity index (χ3v) is 8.52. The summed E-state index contributed by atoms with van der Waals surface area (Å²) in [4.78, 5) is 89.3. The van der Waals surface area contributed by atoms with Gasteiger partial charge in [-0.25, -0.2) is 24.1 Å². The average molecular weight is 774 g/mol. The molecule has 0 saturated carbocycles. The number of carbonyl (C=O) groups excluding carboxylic acids is 4. The van der Waals surface area contributed by atoms with E-state index in [1.807, 2.05) is 0 Å². The fourth-order valence-corrected chi connectivity index (χ4v) is 5.50. The second kappa shape index (κ2) is 19.1. The molecular formula is C35H32N7O12P. The smallest absolute Gasteiger partial charge is 0.480 e. The number of hydrogen-bond donors (Lipinski definition) is 5. The van der Waals surface area contributed by atoms with Crippen LogP contribution in [0.15, 0.2) is 59.5 Å². The van der Waals surface area contributed by atoms with Crippen molar-refractivity contribution in [3.05, 3.63) is 87.5 Å². The number of nitrogens with one attached hydrogen (secondary N) is 3. The number of aliphatic carboxylic acids is 1. The number of nitrogens with two attached hydrogens (primary N) is 1.